The molecular formula is C13H13NO3. The lowest BCUT2D eigenvalue weighted by atomic mass is 9.92. The van der Waals surface area contributed by atoms with Crippen LogP contribution in [0.3, 0.4) is 0 Å². The predicted octanol–water partition coefficient (Wildman–Crippen LogP) is 0.982. The number of hydrogen-bond donors (Lipinski definition) is 2. The first-order chi connectivity index (χ1) is 8.09. The molecule has 0 amide bonds. The molecule has 1 aromatic carbocycles. The predicted molar refractivity (Wildman–Crippen MR) is 63.0 cm³/mol. The molecule has 2 rings (SSSR count). The molecule has 88 valence electrons. The second-order valence-electron chi connectivity index (χ2n) is 3.84. The summed E-state index contributed by atoms with van der Waals surface area (Å²) >= 11 is 0. The van der Waals surface area contributed by atoms with Crippen LogP contribution in [-0.4, -0.2) is 16.8 Å². The zero-order valence-electron chi connectivity index (χ0n) is 9.11. The van der Waals surface area contributed by atoms with Gasteiger partial charge in [-0.1, -0.05) is 36.4 Å². The van der Waals surface area contributed by atoms with Crippen LogP contribution in [0.4, 0.5) is 0 Å². The maximum atomic E-state index is 11.8. The smallest absolute Gasteiger partial charge is 0.322 e. The molecule has 2 atom stereocenters. The fourth-order valence-electron chi connectivity index (χ4n) is 1.58. The van der Waals surface area contributed by atoms with Gasteiger partial charge in [-0.05, 0) is 18.2 Å². The highest BCUT2D eigenvalue weighted by Gasteiger charge is 2.36. The van der Waals surface area contributed by atoms with Gasteiger partial charge in [0.25, 0.3) is 0 Å². The third-order valence-electron chi connectivity index (χ3n) is 2.49. The number of para-hydroxylation sites is 1. The molecule has 1 aliphatic rings. The van der Waals surface area contributed by atoms with Crippen molar-refractivity contribution in [1.82, 2.24) is 0 Å². The van der Waals surface area contributed by atoms with E-state index in [4.69, 9.17) is 10.5 Å². The van der Waals surface area contributed by atoms with Gasteiger partial charge in [0.1, 0.15) is 17.4 Å². The quantitative estimate of drug-likeness (QED) is 0.452. The largest absolute Gasteiger partial charge is 0.426 e. The lowest BCUT2D eigenvalue weighted by molar-refractivity contribution is -0.143. The van der Waals surface area contributed by atoms with Crippen LogP contribution in [-0.2, 0) is 4.79 Å². The Hall–Kier alpha value is -1.91. The highest BCUT2D eigenvalue weighted by atomic mass is 16.5. The van der Waals surface area contributed by atoms with Gasteiger partial charge in [-0.15, -0.1) is 0 Å². The molecule has 0 spiro atoms. The lowest BCUT2D eigenvalue weighted by Crippen LogP contribution is -2.49. The number of carbonyl (C=O) groups is 1. The van der Waals surface area contributed by atoms with Gasteiger partial charge in [-0.3, -0.25) is 10.5 Å². The highest BCUT2D eigenvalue weighted by molar-refractivity contribution is 5.79. The van der Waals surface area contributed by atoms with Crippen LogP contribution < -0.4 is 10.5 Å². The Kier molecular flexibility index (Phi) is 3.08. The van der Waals surface area contributed by atoms with Crippen molar-refractivity contribution in [2.24, 2.45) is 11.7 Å². The molecule has 0 aromatic heterocycles. The number of nitrogens with two attached hydrogens (primary N) is 1. The van der Waals surface area contributed by atoms with E-state index in [0.29, 0.717) is 5.75 Å². The zero-order valence-corrected chi connectivity index (χ0v) is 9.11. The number of allylic oxidation sites excluding steroid dienone is 2. The van der Waals surface area contributed by atoms with Crippen molar-refractivity contribution < 1.29 is 14.6 Å². The van der Waals surface area contributed by atoms with Crippen LogP contribution >= 0.6 is 0 Å². The normalized spacial score (nSPS) is 26.8. The number of ether oxygens (including phenoxy) is 1. The number of benzene rings is 1. The van der Waals surface area contributed by atoms with E-state index in [1.807, 2.05) is 6.07 Å². The van der Waals surface area contributed by atoms with Crippen LogP contribution in [0, 0.1) is 5.92 Å². The molecule has 0 bridgehead atoms. The van der Waals surface area contributed by atoms with Gasteiger partial charge in [0.15, 0.2) is 0 Å². The molecular weight excluding hydrogens is 218 g/mol. The van der Waals surface area contributed by atoms with Crippen molar-refractivity contribution in [2.45, 2.75) is 5.72 Å². The fourth-order valence-corrected chi connectivity index (χ4v) is 1.58. The van der Waals surface area contributed by atoms with Crippen molar-refractivity contribution in [3.05, 3.63) is 54.6 Å². The van der Waals surface area contributed by atoms with E-state index in [-0.39, 0.29) is 0 Å². The molecule has 4 nitrogen and oxygen atoms in total. The minimum absolute atomic E-state index is 0.427. The van der Waals surface area contributed by atoms with Crippen LogP contribution in [0.5, 0.6) is 5.75 Å². The molecule has 0 radical (unpaired) electrons. The molecule has 1 aromatic rings. The van der Waals surface area contributed by atoms with Crippen molar-refractivity contribution >= 4 is 5.97 Å². The van der Waals surface area contributed by atoms with E-state index in [1.54, 1.807) is 36.4 Å². The Bertz CT molecular complexity index is 463. The number of hydrogen-bond acceptors (Lipinski definition) is 4. The zero-order chi connectivity index (χ0) is 12.3. The second-order valence-corrected chi connectivity index (χ2v) is 3.84. The molecule has 0 heterocycles. The van der Waals surface area contributed by atoms with Gasteiger partial charge < -0.3 is 9.84 Å². The third kappa shape index (κ3) is 2.61. The number of carbonyl (C=O) groups excluding carboxylic acids is 1. The Morgan fingerprint density at radius 3 is 2.65 bits per heavy atom. The van der Waals surface area contributed by atoms with Gasteiger partial charge >= 0.3 is 5.97 Å². The second kappa shape index (κ2) is 4.53. The molecule has 4 heteroatoms. The highest BCUT2D eigenvalue weighted by Crippen LogP contribution is 2.22. The maximum Gasteiger partial charge on any atom is 0.322 e. The summed E-state index contributed by atoms with van der Waals surface area (Å²) in [5.74, 6) is -1.05. The standard InChI is InChI=1S/C13H13NO3/c14-13(16)9-5-4-8-11(13)12(15)17-10-6-2-1-3-7-10/h1-9,11,16H,14H2. The van der Waals surface area contributed by atoms with Gasteiger partial charge in [0.2, 0.25) is 0 Å². The van der Waals surface area contributed by atoms with Gasteiger partial charge in [0.05, 0.1) is 0 Å². The third-order valence-corrected chi connectivity index (χ3v) is 2.49. The minimum atomic E-state index is -1.69. The Labute approximate surface area is 99.0 Å². The molecule has 3 N–H and O–H groups in total. The summed E-state index contributed by atoms with van der Waals surface area (Å²) < 4.78 is 5.13. The summed E-state index contributed by atoms with van der Waals surface area (Å²) in [7, 11) is 0. The number of rotatable bonds is 2. The summed E-state index contributed by atoms with van der Waals surface area (Å²) in [6.07, 6.45) is 6.12. The fraction of sp³-hybridized carbons (Fsp3) is 0.154. The van der Waals surface area contributed by atoms with E-state index < -0.39 is 17.6 Å². The van der Waals surface area contributed by atoms with E-state index in [9.17, 15) is 9.90 Å². The van der Waals surface area contributed by atoms with Gasteiger partial charge in [-0.25, -0.2) is 0 Å². The summed E-state index contributed by atoms with van der Waals surface area (Å²) in [6.45, 7) is 0. The Balaban J connectivity index is 2.11. The molecule has 1 aliphatic carbocycles. The Morgan fingerprint density at radius 1 is 1.29 bits per heavy atom. The lowest BCUT2D eigenvalue weighted by Gasteiger charge is -2.27. The van der Waals surface area contributed by atoms with E-state index in [0.717, 1.165) is 0 Å². The topological polar surface area (TPSA) is 72.5 Å². The maximum absolute atomic E-state index is 11.8. The average molecular weight is 231 g/mol. The van der Waals surface area contributed by atoms with E-state index >= 15 is 0 Å². The van der Waals surface area contributed by atoms with Gasteiger partial charge in [-0.2, -0.15) is 0 Å². The first-order valence-corrected chi connectivity index (χ1v) is 5.23. The SMILES string of the molecule is NC1(O)C=CC=CC1C(=O)Oc1ccccc1. The van der Waals surface area contributed by atoms with Crippen molar-refractivity contribution in [1.29, 1.82) is 0 Å². The first kappa shape index (κ1) is 11.6. The Morgan fingerprint density at radius 2 is 2.00 bits per heavy atom. The van der Waals surface area contributed by atoms with Gasteiger partial charge in [0, 0.05) is 0 Å². The van der Waals surface area contributed by atoms with E-state index in [2.05, 4.69) is 0 Å². The van der Waals surface area contributed by atoms with Crippen LogP contribution in [0.2, 0.25) is 0 Å². The summed E-state index contributed by atoms with van der Waals surface area (Å²) in [4.78, 5) is 11.8. The van der Waals surface area contributed by atoms with Crippen molar-refractivity contribution in [2.75, 3.05) is 0 Å². The summed E-state index contributed by atoms with van der Waals surface area (Å²) in [5, 5.41) is 9.82. The molecule has 0 saturated heterocycles. The van der Waals surface area contributed by atoms with Crippen LogP contribution in [0.15, 0.2) is 54.6 Å². The summed E-state index contributed by atoms with van der Waals surface area (Å²) in [5.41, 5.74) is 3.90. The summed E-state index contributed by atoms with van der Waals surface area (Å²) in [6, 6.07) is 8.66. The first-order valence-electron chi connectivity index (χ1n) is 5.23. The van der Waals surface area contributed by atoms with E-state index in [1.165, 1.54) is 12.2 Å². The van der Waals surface area contributed by atoms with Crippen molar-refractivity contribution in [3.8, 4) is 5.75 Å². The monoisotopic (exact) mass is 231 g/mol. The number of aliphatic hydroxyl groups is 1. The molecule has 17 heavy (non-hydrogen) atoms. The molecule has 2 unspecified atom stereocenters. The average Bonchev–Trinajstić information content (AvgIpc) is 2.29. The number of esters is 1. The molecule has 0 saturated carbocycles. The van der Waals surface area contributed by atoms with Crippen LogP contribution in [0.1, 0.15) is 0 Å². The molecule has 0 fully saturated rings. The van der Waals surface area contributed by atoms with Crippen LogP contribution in [0.25, 0.3) is 0 Å². The minimum Gasteiger partial charge on any atom is -0.426 e. The van der Waals surface area contributed by atoms with Crippen molar-refractivity contribution in [3.63, 3.8) is 0 Å². The molecule has 0 aliphatic heterocycles.